The molecule has 0 spiro atoms. The molecule has 0 saturated heterocycles. The molecule has 3 aromatic rings. The van der Waals surface area contributed by atoms with E-state index in [1.165, 1.54) is 24.2 Å². The van der Waals surface area contributed by atoms with E-state index >= 15 is 0 Å². The second-order valence-corrected chi connectivity index (χ2v) is 12.1. The first-order valence-electron chi connectivity index (χ1n) is 8.01. The molecule has 0 unspecified atom stereocenters. The van der Waals surface area contributed by atoms with Crippen LogP contribution in [0.25, 0.3) is 8.72 Å². The third-order valence-electron chi connectivity index (χ3n) is 4.18. The van der Waals surface area contributed by atoms with E-state index in [1.807, 2.05) is 0 Å². The summed E-state index contributed by atoms with van der Waals surface area (Å²) in [7, 11) is 0. The van der Waals surface area contributed by atoms with Crippen molar-refractivity contribution in [3.63, 3.8) is 0 Å². The summed E-state index contributed by atoms with van der Waals surface area (Å²) in [5, 5.41) is 0. The molecule has 0 aliphatic carbocycles. The Hall–Kier alpha value is -1.34. The van der Waals surface area contributed by atoms with Crippen LogP contribution in [0.2, 0.25) is 0 Å². The van der Waals surface area contributed by atoms with Gasteiger partial charge in [-0.25, -0.2) is 0 Å². The Balaban J connectivity index is 1.79. The standard InChI is InChI=1S/C22H15AsBr2/c24-19-10-6-16(7-11-19)21-14-15-22(17-8-12-20(25)13-9-17)23(21)18-4-2-1-3-5-18/h1-15H. The van der Waals surface area contributed by atoms with E-state index < -0.39 is 14.7 Å². The predicted molar refractivity (Wildman–Crippen MR) is 116 cm³/mol. The molecular weight excluding hydrogens is 499 g/mol. The van der Waals surface area contributed by atoms with Crippen LogP contribution in [0.5, 0.6) is 0 Å². The summed E-state index contributed by atoms with van der Waals surface area (Å²) >= 11 is 5.54. The van der Waals surface area contributed by atoms with Crippen LogP contribution < -0.4 is 4.35 Å². The third-order valence-corrected chi connectivity index (χ3v) is 10.7. The predicted octanol–water partition coefficient (Wildman–Crippen LogP) is 6.17. The van der Waals surface area contributed by atoms with Crippen molar-refractivity contribution < 1.29 is 0 Å². The van der Waals surface area contributed by atoms with Crippen LogP contribution in [-0.2, 0) is 0 Å². The number of hydrogen-bond donors (Lipinski definition) is 0. The molecule has 122 valence electrons. The van der Waals surface area contributed by atoms with E-state index in [-0.39, 0.29) is 0 Å². The van der Waals surface area contributed by atoms with E-state index in [2.05, 4.69) is 123 Å². The molecule has 0 amide bonds. The molecule has 0 fully saturated rings. The fourth-order valence-corrected chi connectivity index (χ4v) is 8.86. The fraction of sp³-hybridized carbons (Fsp3) is 0. The van der Waals surface area contributed by atoms with Crippen LogP contribution in [0.1, 0.15) is 11.1 Å². The van der Waals surface area contributed by atoms with Gasteiger partial charge in [-0.05, 0) is 0 Å². The maximum absolute atomic E-state index is 3.54. The topological polar surface area (TPSA) is 0 Å². The summed E-state index contributed by atoms with van der Waals surface area (Å²) in [4.78, 5) is 0. The summed E-state index contributed by atoms with van der Waals surface area (Å²) in [6, 6.07) is 28.4. The van der Waals surface area contributed by atoms with Gasteiger partial charge < -0.3 is 0 Å². The number of halogens is 2. The molecule has 0 saturated carbocycles. The molecule has 4 rings (SSSR count). The first-order chi connectivity index (χ1) is 12.2. The van der Waals surface area contributed by atoms with Gasteiger partial charge in [0.05, 0.1) is 0 Å². The normalized spacial score (nSPS) is 14.3. The Morgan fingerprint density at radius 3 is 1.40 bits per heavy atom. The van der Waals surface area contributed by atoms with E-state index in [9.17, 15) is 0 Å². The van der Waals surface area contributed by atoms with Gasteiger partial charge in [0.2, 0.25) is 0 Å². The Morgan fingerprint density at radius 1 is 0.520 bits per heavy atom. The number of rotatable bonds is 3. The first-order valence-corrected chi connectivity index (χ1v) is 12.4. The van der Waals surface area contributed by atoms with Gasteiger partial charge in [0.25, 0.3) is 0 Å². The van der Waals surface area contributed by atoms with Gasteiger partial charge >= 0.3 is 171 Å². The van der Waals surface area contributed by atoms with Crippen molar-refractivity contribution in [3.8, 4) is 0 Å². The van der Waals surface area contributed by atoms with Gasteiger partial charge in [0.15, 0.2) is 0 Å². The van der Waals surface area contributed by atoms with Crippen molar-refractivity contribution in [2.45, 2.75) is 0 Å². The summed E-state index contributed by atoms with van der Waals surface area (Å²) in [6.45, 7) is 0. The zero-order chi connectivity index (χ0) is 17.2. The van der Waals surface area contributed by atoms with Crippen molar-refractivity contribution in [1.82, 2.24) is 0 Å². The number of benzene rings is 3. The molecule has 0 aromatic heterocycles. The molecule has 1 aliphatic rings. The van der Waals surface area contributed by atoms with Crippen molar-refractivity contribution in [2.24, 2.45) is 0 Å². The monoisotopic (exact) mass is 512 g/mol. The SMILES string of the molecule is Brc1ccc(C2=CC=C(c3ccc(Br)cc3)[As]2c2ccccc2)cc1. The molecule has 1 heterocycles. The first kappa shape index (κ1) is 17.1. The van der Waals surface area contributed by atoms with Crippen LogP contribution in [0.15, 0.2) is 100.0 Å². The Bertz CT molecular complexity index is 878. The molecule has 0 radical (unpaired) electrons. The summed E-state index contributed by atoms with van der Waals surface area (Å²) < 4.78 is 6.69. The van der Waals surface area contributed by atoms with Gasteiger partial charge in [0.1, 0.15) is 0 Å². The molecule has 3 heteroatoms. The van der Waals surface area contributed by atoms with Gasteiger partial charge in [-0.2, -0.15) is 0 Å². The molecule has 0 nitrogen and oxygen atoms in total. The zero-order valence-corrected chi connectivity index (χ0v) is 18.4. The van der Waals surface area contributed by atoms with Gasteiger partial charge in [-0.3, -0.25) is 0 Å². The van der Waals surface area contributed by atoms with E-state index in [1.54, 1.807) is 0 Å². The average Bonchev–Trinajstić information content (AvgIpc) is 3.09. The van der Waals surface area contributed by atoms with Gasteiger partial charge in [-0.15, -0.1) is 0 Å². The van der Waals surface area contributed by atoms with E-state index in [0.717, 1.165) is 8.95 Å². The van der Waals surface area contributed by atoms with Crippen LogP contribution in [0.4, 0.5) is 0 Å². The maximum atomic E-state index is 3.54. The van der Waals surface area contributed by atoms with Crippen LogP contribution in [-0.4, -0.2) is 14.7 Å². The molecule has 0 atom stereocenters. The van der Waals surface area contributed by atoms with Crippen molar-refractivity contribution in [1.29, 1.82) is 0 Å². The third kappa shape index (κ3) is 3.62. The van der Waals surface area contributed by atoms with Gasteiger partial charge in [0, 0.05) is 0 Å². The minimum absolute atomic E-state index is 1.12. The summed E-state index contributed by atoms with van der Waals surface area (Å²) in [5.74, 6) is 0. The van der Waals surface area contributed by atoms with Crippen molar-refractivity contribution in [3.05, 3.63) is 111 Å². The zero-order valence-electron chi connectivity index (χ0n) is 13.4. The quantitative estimate of drug-likeness (QED) is 0.367. The molecule has 3 aromatic carbocycles. The summed E-state index contributed by atoms with van der Waals surface area (Å²) in [5.41, 5.74) is 2.66. The number of hydrogen-bond acceptors (Lipinski definition) is 0. The van der Waals surface area contributed by atoms with Gasteiger partial charge in [-0.1, -0.05) is 0 Å². The molecule has 0 bridgehead atoms. The average molecular weight is 514 g/mol. The summed E-state index contributed by atoms with van der Waals surface area (Å²) in [6.07, 6.45) is 4.65. The van der Waals surface area contributed by atoms with Crippen LogP contribution in [0.3, 0.4) is 0 Å². The van der Waals surface area contributed by atoms with E-state index in [0.29, 0.717) is 0 Å². The van der Waals surface area contributed by atoms with E-state index in [4.69, 9.17) is 0 Å². The Morgan fingerprint density at radius 2 is 0.960 bits per heavy atom. The van der Waals surface area contributed by atoms with Crippen LogP contribution in [0, 0.1) is 0 Å². The molecule has 25 heavy (non-hydrogen) atoms. The second-order valence-electron chi connectivity index (χ2n) is 5.79. The minimum atomic E-state index is -1.55. The fourth-order valence-electron chi connectivity index (χ4n) is 2.98. The Labute approximate surface area is 169 Å². The molecular formula is C22H15AsBr2. The number of allylic oxidation sites excluding steroid dienone is 2. The van der Waals surface area contributed by atoms with Crippen molar-refractivity contribution in [2.75, 3.05) is 0 Å². The van der Waals surface area contributed by atoms with Crippen molar-refractivity contribution >= 4 is 59.6 Å². The van der Waals surface area contributed by atoms with Crippen LogP contribution >= 0.6 is 31.9 Å². The molecule has 0 N–H and O–H groups in total. The second kappa shape index (κ2) is 7.49. The molecule has 1 aliphatic heterocycles. The Kier molecular flexibility index (Phi) is 5.12.